The van der Waals surface area contributed by atoms with Crippen LogP contribution in [0.4, 0.5) is 0 Å². The van der Waals surface area contributed by atoms with E-state index in [0.717, 1.165) is 12.2 Å². The topological polar surface area (TPSA) is 18.5 Å². The van der Waals surface area contributed by atoms with Crippen LogP contribution < -0.4 is 4.74 Å². The van der Waals surface area contributed by atoms with Gasteiger partial charge in [-0.05, 0) is 30.2 Å². The lowest BCUT2D eigenvalue weighted by molar-refractivity contribution is -0.0759. The van der Waals surface area contributed by atoms with Crippen molar-refractivity contribution < 1.29 is 9.47 Å². The normalized spacial score (nSPS) is 24.4. The second kappa shape index (κ2) is 6.50. The molecule has 0 amide bonds. The molecule has 2 aromatic carbocycles. The summed E-state index contributed by atoms with van der Waals surface area (Å²) >= 11 is 6.16. The smallest absolute Gasteiger partial charge is 0.128 e. The van der Waals surface area contributed by atoms with Crippen molar-refractivity contribution in [3.05, 3.63) is 54.6 Å². The molecule has 1 aliphatic carbocycles. The molecule has 0 saturated heterocycles. The summed E-state index contributed by atoms with van der Waals surface area (Å²) in [6.45, 7) is 2.65. The molecule has 3 heteroatoms. The third-order valence-corrected chi connectivity index (χ3v) is 4.21. The van der Waals surface area contributed by atoms with Gasteiger partial charge < -0.3 is 9.47 Å². The Morgan fingerprint density at radius 2 is 1.67 bits per heavy atom. The van der Waals surface area contributed by atoms with Gasteiger partial charge in [0.2, 0.25) is 0 Å². The van der Waals surface area contributed by atoms with Gasteiger partial charge in [-0.15, -0.1) is 11.6 Å². The van der Waals surface area contributed by atoms with Crippen molar-refractivity contribution in [1.82, 2.24) is 0 Å². The van der Waals surface area contributed by atoms with Gasteiger partial charge in [0, 0.05) is 13.0 Å². The number of halogens is 1. The molecule has 110 valence electrons. The molecule has 3 atom stereocenters. The highest BCUT2D eigenvalue weighted by Crippen LogP contribution is 2.33. The predicted octanol–water partition coefficient (Wildman–Crippen LogP) is 4.52. The average Bonchev–Trinajstić information content (AvgIpc) is 2.54. The number of ether oxygens (including phenoxy) is 2. The zero-order chi connectivity index (χ0) is 14.7. The molecule has 3 unspecified atom stereocenters. The standard InChI is InChI=1S/C18H19ClO2/c1-2-20-18-16(19)12-17(18)21-15-10-8-14(9-11-15)13-6-4-3-5-7-13/h3-11,16-18H,2,12H2,1H3. The molecule has 1 saturated carbocycles. The van der Waals surface area contributed by atoms with Crippen LogP contribution in [0.15, 0.2) is 54.6 Å². The summed E-state index contributed by atoms with van der Waals surface area (Å²) in [7, 11) is 0. The van der Waals surface area contributed by atoms with Gasteiger partial charge in [-0.2, -0.15) is 0 Å². The molecule has 0 aliphatic heterocycles. The zero-order valence-electron chi connectivity index (χ0n) is 12.0. The Bertz CT molecular complexity index is 568. The lowest BCUT2D eigenvalue weighted by Crippen LogP contribution is -2.52. The molecule has 0 spiro atoms. The lowest BCUT2D eigenvalue weighted by Gasteiger charge is -2.40. The first kappa shape index (κ1) is 14.4. The number of alkyl halides is 1. The molecule has 1 aliphatic rings. The Kier molecular flexibility index (Phi) is 4.47. The highest BCUT2D eigenvalue weighted by Gasteiger charge is 2.42. The second-order valence-electron chi connectivity index (χ2n) is 5.22. The number of rotatable bonds is 5. The minimum Gasteiger partial charge on any atom is -0.488 e. The molecule has 2 aromatic rings. The van der Waals surface area contributed by atoms with Crippen molar-refractivity contribution >= 4 is 11.6 Å². The van der Waals surface area contributed by atoms with Crippen LogP contribution in [0.2, 0.25) is 0 Å². The van der Waals surface area contributed by atoms with Gasteiger partial charge in [0.15, 0.2) is 0 Å². The van der Waals surface area contributed by atoms with Gasteiger partial charge in [0.25, 0.3) is 0 Å². The van der Waals surface area contributed by atoms with Crippen molar-refractivity contribution in [1.29, 1.82) is 0 Å². The first-order valence-electron chi connectivity index (χ1n) is 7.35. The Hall–Kier alpha value is -1.51. The third kappa shape index (κ3) is 3.22. The molecule has 0 bridgehead atoms. The van der Waals surface area contributed by atoms with E-state index in [-0.39, 0.29) is 17.6 Å². The van der Waals surface area contributed by atoms with Crippen molar-refractivity contribution in [2.45, 2.75) is 30.9 Å². The van der Waals surface area contributed by atoms with Crippen LogP contribution in [-0.4, -0.2) is 24.2 Å². The Labute approximate surface area is 130 Å². The van der Waals surface area contributed by atoms with E-state index in [9.17, 15) is 0 Å². The summed E-state index contributed by atoms with van der Waals surface area (Å²) in [5.74, 6) is 0.868. The minimum atomic E-state index is 0.00506. The van der Waals surface area contributed by atoms with Crippen molar-refractivity contribution in [2.75, 3.05) is 6.61 Å². The van der Waals surface area contributed by atoms with E-state index in [1.54, 1.807) is 0 Å². The van der Waals surface area contributed by atoms with E-state index in [4.69, 9.17) is 21.1 Å². The second-order valence-corrected chi connectivity index (χ2v) is 5.78. The zero-order valence-corrected chi connectivity index (χ0v) is 12.8. The van der Waals surface area contributed by atoms with E-state index in [0.29, 0.717) is 6.61 Å². The molecule has 0 N–H and O–H groups in total. The summed E-state index contributed by atoms with van der Waals surface area (Å²) in [4.78, 5) is 0. The number of hydrogen-bond donors (Lipinski definition) is 0. The quantitative estimate of drug-likeness (QED) is 0.756. The number of benzene rings is 2. The van der Waals surface area contributed by atoms with E-state index >= 15 is 0 Å². The van der Waals surface area contributed by atoms with Crippen LogP contribution in [0.5, 0.6) is 5.75 Å². The van der Waals surface area contributed by atoms with Crippen molar-refractivity contribution in [2.24, 2.45) is 0 Å². The first-order valence-corrected chi connectivity index (χ1v) is 7.79. The maximum absolute atomic E-state index is 6.16. The van der Waals surface area contributed by atoms with E-state index in [2.05, 4.69) is 24.3 Å². The van der Waals surface area contributed by atoms with Crippen molar-refractivity contribution in [3.63, 3.8) is 0 Å². The summed E-state index contributed by atoms with van der Waals surface area (Å²) in [5, 5.41) is 0.0681. The van der Waals surface area contributed by atoms with Gasteiger partial charge in [-0.25, -0.2) is 0 Å². The molecular formula is C18H19ClO2. The first-order chi connectivity index (χ1) is 10.3. The largest absolute Gasteiger partial charge is 0.488 e. The third-order valence-electron chi connectivity index (χ3n) is 3.79. The fraction of sp³-hybridized carbons (Fsp3) is 0.333. The van der Waals surface area contributed by atoms with Gasteiger partial charge in [-0.1, -0.05) is 42.5 Å². The van der Waals surface area contributed by atoms with Crippen LogP contribution in [0, 0.1) is 0 Å². The van der Waals surface area contributed by atoms with Crippen LogP contribution in [-0.2, 0) is 4.74 Å². The Morgan fingerprint density at radius 1 is 1.00 bits per heavy atom. The molecule has 0 aromatic heterocycles. The van der Waals surface area contributed by atoms with Crippen molar-refractivity contribution in [3.8, 4) is 16.9 Å². The SMILES string of the molecule is CCOC1C(Cl)CC1Oc1ccc(-c2ccccc2)cc1. The van der Waals surface area contributed by atoms with Gasteiger partial charge in [0.1, 0.15) is 18.0 Å². The van der Waals surface area contributed by atoms with E-state index in [1.165, 1.54) is 11.1 Å². The number of hydrogen-bond acceptors (Lipinski definition) is 2. The van der Waals surface area contributed by atoms with Crippen LogP contribution in [0.3, 0.4) is 0 Å². The molecule has 1 fully saturated rings. The summed E-state index contributed by atoms with van der Waals surface area (Å²) in [6.07, 6.45) is 0.910. The highest BCUT2D eigenvalue weighted by molar-refractivity contribution is 6.21. The van der Waals surface area contributed by atoms with Crippen LogP contribution >= 0.6 is 11.6 Å². The predicted molar refractivity (Wildman–Crippen MR) is 86.0 cm³/mol. The van der Waals surface area contributed by atoms with E-state index in [1.807, 2.05) is 37.3 Å². The fourth-order valence-electron chi connectivity index (χ4n) is 2.58. The summed E-state index contributed by atoms with van der Waals surface area (Å²) in [5.41, 5.74) is 2.40. The molecule has 0 heterocycles. The lowest BCUT2D eigenvalue weighted by atomic mass is 9.91. The summed E-state index contributed by atoms with van der Waals surface area (Å²) in [6, 6.07) is 18.5. The maximum Gasteiger partial charge on any atom is 0.128 e. The highest BCUT2D eigenvalue weighted by atomic mass is 35.5. The molecule has 21 heavy (non-hydrogen) atoms. The Morgan fingerprint density at radius 3 is 2.29 bits per heavy atom. The van der Waals surface area contributed by atoms with Gasteiger partial charge in [0.05, 0.1) is 5.38 Å². The molecule has 0 radical (unpaired) electrons. The maximum atomic E-state index is 6.16. The minimum absolute atomic E-state index is 0.00506. The monoisotopic (exact) mass is 302 g/mol. The van der Waals surface area contributed by atoms with Crippen LogP contribution in [0.1, 0.15) is 13.3 Å². The van der Waals surface area contributed by atoms with Gasteiger partial charge in [-0.3, -0.25) is 0 Å². The molecular weight excluding hydrogens is 284 g/mol. The van der Waals surface area contributed by atoms with Crippen LogP contribution in [0.25, 0.3) is 11.1 Å². The molecule has 2 nitrogen and oxygen atoms in total. The fourth-order valence-corrected chi connectivity index (χ4v) is 2.99. The molecule has 3 rings (SSSR count). The average molecular weight is 303 g/mol. The van der Waals surface area contributed by atoms with E-state index < -0.39 is 0 Å². The summed E-state index contributed by atoms with van der Waals surface area (Å²) < 4.78 is 11.6. The Balaban J connectivity index is 1.65. The van der Waals surface area contributed by atoms with Gasteiger partial charge >= 0.3 is 0 Å².